The van der Waals surface area contributed by atoms with Crippen LogP contribution in [0, 0.1) is 5.92 Å². The van der Waals surface area contributed by atoms with Gasteiger partial charge in [-0.05, 0) is 25.7 Å². The van der Waals surface area contributed by atoms with Crippen molar-refractivity contribution in [1.29, 1.82) is 0 Å². The Morgan fingerprint density at radius 1 is 1.08 bits per heavy atom. The van der Waals surface area contributed by atoms with Gasteiger partial charge in [-0.25, -0.2) is 0 Å². The van der Waals surface area contributed by atoms with Crippen molar-refractivity contribution < 1.29 is 14.3 Å². The minimum Gasteiger partial charge on any atom is -0.378 e. The van der Waals surface area contributed by atoms with Gasteiger partial charge in [-0.1, -0.05) is 19.3 Å². The summed E-state index contributed by atoms with van der Waals surface area (Å²) in [5.41, 5.74) is 0. The second kappa shape index (κ2) is 8.81. The van der Waals surface area contributed by atoms with E-state index in [0.29, 0.717) is 13.0 Å². The summed E-state index contributed by atoms with van der Waals surface area (Å²) in [6, 6.07) is 0.384. The molecule has 2 heterocycles. The molecule has 1 saturated carbocycles. The summed E-state index contributed by atoms with van der Waals surface area (Å²) in [4.78, 5) is 26.7. The molecule has 0 aromatic carbocycles. The number of likely N-dealkylation sites (tertiary alicyclic amines) is 1. The Bertz CT molecular complexity index is 423. The summed E-state index contributed by atoms with van der Waals surface area (Å²) in [6.45, 7) is 3.69. The van der Waals surface area contributed by atoms with Crippen molar-refractivity contribution in [3.05, 3.63) is 0 Å². The Morgan fingerprint density at radius 2 is 1.83 bits per heavy atom. The minimum absolute atomic E-state index is 0.148. The van der Waals surface area contributed by atoms with Crippen LogP contribution in [-0.4, -0.2) is 61.6 Å². The van der Waals surface area contributed by atoms with Gasteiger partial charge in [0.15, 0.2) is 0 Å². The molecule has 2 N–H and O–H groups in total. The van der Waals surface area contributed by atoms with E-state index in [9.17, 15) is 9.59 Å². The van der Waals surface area contributed by atoms with Gasteiger partial charge in [-0.15, -0.1) is 0 Å². The largest absolute Gasteiger partial charge is 0.378 e. The lowest BCUT2D eigenvalue weighted by molar-refractivity contribution is -0.133. The van der Waals surface area contributed by atoms with Crippen molar-refractivity contribution in [2.75, 3.05) is 32.8 Å². The zero-order valence-electron chi connectivity index (χ0n) is 14.6. The van der Waals surface area contributed by atoms with Crippen molar-refractivity contribution in [1.82, 2.24) is 15.5 Å². The van der Waals surface area contributed by atoms with Gasteiger partial charge in [0.25, 0.3) is 0 Å². The number of rotatable bonds is 4. The summed E-state index contributed by atoms with van der Waals surface area (Å²) in [5.74, 6) is 0.661. The third kappa shape index (κ3) is 4.93. The van der Waals surface area contributed by atoms with Crippen LogP contribution in [-0.2, 0) is 14.3 Å². The molecule has 3 aliphatic rings. The molecule has 3 rings (SSSR count). The van der Waals surface area contributed by atoms with Crippen LogP contribution in [0.4, 0.5) is 0 Å². The third-order valence-corrected chi connectivity index (χ3v) is 5.59. The molecule has 0 bridgehead atoms. The molecule has 3 fully saturated rings. The van der Waals surface area contributed by atoms with Crippen LogP contribution < -0.4 is 10.6 Å². The number of carbonyl (C=O) groups is 2. The molecule has 2 saturated heterocycles. The van der Waals surface area contributed by atoms with Crippen LogP contribution in [0.15, 0.2) is 0 Å². The standard InChI is InChI=1S/C18H31N3O3/c22-17(12-16-13-24-11-8-19-16)21-9-6-15(7-10-21)20-18(23)14-4-2-1-3-5-14/h14-16,19H,1-13H2,(H,20,23). The van der Waals surface area contributed by atoms with Gasteiger partial charge in [0.05, 0.1) is 13.2 Å². The number of nitrogens with zero attached hydrogens (tertiary/aromatic N) is 1. The Morgan fingerprint density at radius 3 is 2.50 bits per heavy atom. The number of ether oxygens (including phenoxy) is 1. The fourth-order valence-corrected chi connectivity index (χ4v) is 4.05. The molecule has 24 heavy (non-hydrogen) atoms. The molecule has 1 atom stereocenters. The van der Waals surface area contributed by atoms with Crippen molar-refractivity contribution in [3.63, 3.8) is 0 Å². The zero-order valence-corrected chi connectivity index (χ0v) is 14.6. The topological polar surface area (TPSA) is 70.7 Å². The molecule has 0 aromatic heterocycles. The Labute approximate surface area is 144 Å². The van der Waals surface area contributed by atoms with Crippen molar-refractivity contribution in [3.8, 4) is 0 Å². The van der Waals surface area contributed by atoms with Gasteiger partial charge in [0.1, 0.15) is 0 Å². The lowest BCUT2D eigenvalue weighted by Gasteiger charge is -2.34. The van der Waals surface area contributed by atoms with Crippen LogP contribution in [0.3, 0.4) is 0 Å². The molecule has 0 radical (unpaired) electrons. The minimum atomic E-state index is 0.148. The molecule has 1 aliphatic carbocycles. The SMILES string of the molecule is O=C(NC1CCN(C(=O)CC2COCCN2)CC1)C1CCCCC1. The van der Waals surface area contributed by atoms with E-state index < -0.39 is 0 Å². The number of amides is 2. The molecular weight excluding hydrogens is 306 g/mol. The van der Waals surface area contributed by atoms with Gasteiger partial charge in [-0.2, -0.15) is 0 Å². The van der Waals surface area contributed by atoms with E-state index in [4.69, 9.17) is 4.74 Å². The number of hydrogen-bond acceptors (Lipinski definition) is 4. The Kier molecular flexibility index (Phi) is 6.49. The molecular formula is C18H31N3O3. The molecule has 1 unspecified atom stereocenters. The quantitative estimate of drug-likeness (QED) is 0.804. The smallest absolute Gasteiger partial charge is 0.224 e. The maximum absolute atomic E-state index is 12.4. The molecule has 0 aromatic rings. The molecule has 0 spiro atoms. The average molecular weight is 337 g/mol. The molecule has 6 heteroatoms. The third-order valence-electron chi connectivity index (χ3n) is 5.59. The highest BCUT2D eigenvalue weighted by atomic mass is 16.5. The highest BCUT2D eigenvalue weighted by molar-refractivity contribution is 5.79. The lowest BCUT2D eigenvalue weighted by atomic mass is 9.88. The van der Waals surface area contributed by atoms with Crippen LogP contribution in [0.5, 0.6) is 0 Å². The first-order valence-corrected chi connectivity index (χ1v) is 9.61. The van der Waals surface area contributed by atoms with E-state index in [1.807, 2.05) is 4.90 Å². The number of nitrogens with one attached hydrogen (secondary N) is 2. The van der Waals surface area contributed by atoms with Crippen LogP contribution in [0.1, 0.15) is 51.4 Å². The fourth-order valence-electron chi connectivity index (χ4n) is 4.05. The van der Waals surface area contributed by atoms with Gasteiger partial charge in [0.2, 0.25) is 11.8 Å². The van der Waals surface area contributed by atoms with E-state index in [-0.39, 0.29) is 29.8 Å². The summed E-state index contributed by atoms with van der Waals surface area (Å²) >= 11 is 0. The first-order valence-electron chi connectivity index (χ1n) is 9.61. The molecule has 2 aliphatic heterocycles. The van der Waals surface area contributed by atoms with Gasteiger partial charge >= 0.3 is 0 Å². The van der Waals surface area contributed by atoms with Crippen molar-refractivity contribution in [2.24, 2.45) is 5.92 Å². The predicted octanol–water partition coefficient (Wildman–Crippen LogP) is 1.05. The van der Waals surface area contributed by atoms with Crippen LogP contribution in [0.2, 0.25) is 0 Å². The summed E-state index contributed by atoms with van der Waals surface area (Å²) in [5, 5.41) is 6.55. The predicted molar refractivity (Wildman–Crippen MR) is 91.5 cm³/mol. The van der Waals surface area contributed by atoms with Crippen molar-refractivity contribution >= 4 is 11.8 Å². The zero-order chi connectivity index (χ0) is 16.8. The maximum Gasteiger partial charge on any atom is 0.224 e. The van der Waals surface area contributed by atoms with Crippen molar-refractivity contribution in [2.45, 2.75) is 63.5 Å². The number of piperidine rings is 1. The highest BCUT2D eigenvalue weighted by Crippen LogP contribution is 2.24. The van der Waals surface area contributed by atoms with Gasteiger partial charge in [-0.3, -0.25) is 9.59 Å². The van der Waals surface area contributed by atoms with E-state index in [0.717, 1.165) is 51.9 Å². The van der Waals surface area contributed by atoms with Gasteiger partial charge < -0.3 is 20.3 Å². The number of carbonyl (C=O) groups excluding carboxylic acids is 2. The lowest BCUT2D eigenvalue weighted by Crippen LogP contribution is -2.50. The Balaban J connectivity index is 1.37. The number of morpholine rings is 1. The first kappa shape index (κ1) is 17.7. The van der Waals surface area contributed by atoms with E-state index in [1.54, 1.807) is 0 Å². The summed E-state index contributed by atoms with van der Waals surface area (Å²) in [6.07, 6.45) is 7.98. The normalized spacial score (nSPS) is 27.0. The van der Waals surface area contributed by atoms with E-state index in [1.165, 1.54) is 19.3 Å². The second-order valence-corrected chi connectivity index (χ2v) is 7.43. The second-order valence-electron chi connectivity index (χ2n) is 7.43. The fraction of sp³-hybridized carbons (Fsp3) is 0.889. The summed E-state index contributed by atoms with van der Waals surface area (Å²) < 4.78 is 5.41. The number of hydrogen-bond donors (Lipinski definition) is 2. The maximum atomic E-state index is 12.4. The van der Waals surface area contributed by atoms with Crippen LogP contribution in [0.25, 0.3) is 0 Å². The monoisotopic (exact) mass is 337 g/mol. The van der Waals surface area contributed by atoms with E-state index >= 15 is 0 Å². The van der Waals surface area contributed by atoms with Crippen LogP contribution >= 0.6 is 0 Å². The molecule has 136 valence electrons. The average Bonchev–Trinajstić information content (AvgIpc) is 2.64. The molecule has 2 amide bonds. The Hall–Kier alpha value is -1.14. The van der Waals surface area contributed by atoms with E-state index in [2.05, 4.69) is 10.6 Å². The molecule has 6 nitrogen and oxygen atoms in total. The highest BCUT2D eigenvalue weighted by Gasteiger charge is 2.28. The summed E-state index contributed by atoms with van der Waals surface area (Å²) in [7, 11) is 0. The van der Waals surface area contributed by atoms with Gasteiger partial charge in [0, 0.05) is 44.1 Å². The first-order chi connectivity index (χ1) is 11.7.